The predicted molar refractivity (Wildman–Crippen MR) is 115 cm³/mol. The zero-order valence-corrected chi connectivity index (χ0v) is 17.7. The van der Waals surface area contributed by atoms with E-state index in [4.69, 9.17) is 10.2 Å². The lowest BCUT2D eigenvalue weighted by Crippen LogP contribution is -2.27. The number of benzene rings is 2. The van der Waals surface area contributed by atoms with Gasteiger partial charge in [-0.1, -0.05) is 15.9 Å². The molecule has 3 N–H and O–H groups in total. The first kappa shape index (κ1) is 20.6. The van der Waals surface area contributed by atoms with Crippen molar-refractivity contribution >= 4 is 44.4 Å². The van der Waals surface area contributed by atoms with Gasteiger partial charge in [0, 0.05) is 40.3 Å². The molecule has 0 atom stereocenters. The van der Waals surface area contributed by atoms with Gasteiger partial charge in [-0.3, -0.25) is 9.59 Å². The number of amides is 2. The van der Waals surface area contributed by atoms with Gasteiger partial charge in [0.2, 0.25) is 5.55 Å². The van der Waals surface area contributed by atoms with Gasteiger partial charge in [0.15, 0.2) is 0 Å². The molecule has 29 heavy (non-hydrogen) atoms. The quantitative estimate of drug-likeness (QED) is 0.555. The third kappa shape index (κ3) is 4.65. The second-order valence-electron chi connectivity index (χ2n) is 6.28. The largest absolute Gasteiger partial charge is 0.436 e. The van der Waals surface area contributed by atoms with Crippen LogP contribution < -0.4 is 21.6 Å². The van der Waals surface area contributed by atoms with Gasteiger partial charge in [0.25, 0.3) is 11.8 Å². The van der Waals surface area contributed by atoms with Crippen LogP contribution in [0.25, 0.3) is 11.0 Å². The van der Waals surface area contributed by atoms with Crippen LogP contribution in [-0.4, -0.2) is 24.9 Å². The standard InChI is InChI=1S/C21H21BrN4O3/c1-3-26(4-2)16-10-7-14-11-17(19(23)27)21(29-18(14)12-16)25-24-20(28)13-5-8-15(22)9-6-13/h5-12H,3-4H2,1-2H3,(H2,23,27)(H,24,28)/b25-21+. The van der Waals surface area contributed by atoms with Crippen LogP contribution >= 0.6 is 15.9 Å². The summed E-state index contributed by atoms with van der Waals surface area (Å²) < 4.78 is 6.68. The Morgan fingerprint density at radius 2 is 1.79 bits per heavy atom. The maximum absolute atomic E-state index is 12.3. The van der Waals surface area contributed by atoms with E-state index in [0.717, 1.165) is 23.2 Å². The molecule has 3 aromatic rings. The summed E-state index contributed by atoms with van der Waals surface area (Å²) in [5.74, 6) is -1.12. The van der Waals surface area contributed by atoms with E-state index in [0.29, 0.717) is 16.5 Å². The maximum atomic E-state index is 12.3. The number of fused-ring (bicyclic) bond motifs is 1. The Labute approximate surface area is 176 Å². The Bertz CT molecular complexity index is 1120. The number of rotatable bonds is 6. The number of nitrogens with zero attached hydrogens (tertiary/aromatic N) is 2. The average molecular weight is 457 g/mol. The number of hydrogen-bond donors (Lipinski definition) is 2. The van der Waals surface area contributed by atoms with Crippen LogP contribution in [-0.2, 0) is 0 Å². The van der Waals surface area contributed by atoms with E-state index in [1.807, 2.05) is 18.2 Å². The Hall–Kier alpha value is -3.13. The number of carbonyl (C=O) groups excluding carboxylic acids is 2. The minimum absolute atomic E-state index is 0.0489. The molecule has 0 bridgehead atoms. The summed E-state index contributed by atoms with van der Waals surface area (Å²) in [4.78, 5) is 26.3. The number of hydrogen-bond acceptors (Lipinski definition) is 5. The SMILES string of the molecule is CCN(CC)c1ccc2cc(C(N)=O)/c(=N\NC(=O)c3ccc(Br)cc3)oc2c1. The van der Waals surface area contributed by atoms with Crippen molar-refractivity contribution in [3.63, 3.8) is 0 Å². The highest BCUT2D eigenvalue weighted by atomic mass is 79.9. The monoisotopic (exact) mass is 456 g/mol. The summed E-state index contributed by atoms with van der Waals surface area (Å²) in [6.07, 6.45) is 0. The highest BCUT2D eigenvalue weighted by molar-refractivity contribution is 9.10. The molecule has 8 heteroatoms. The molecule has 0 spiro atoms. The van der Waals surface area contributed by atoms with E-state index in [1.165, 1.54) is 0 Å². The summed E-state index contributed by atoms with van der Waals surface area (Å²) in [5, 5.41) is 4.71. The van der Waals surface area contributed by atoms with Crippen molar-refractivity contribution in [3.05, 3.63) is 69.7 Å². The molecule has 0 unspecified atom stereocenters. The van der Waals surface area contributed by atoms with E-state index in [-0.39, 0.29) is 11.1 Å². The maximum Gasteiger partial charge on any atom is 0.271 e. The molecule has 3 rings (SSSR count). The van der Waals surface area contributed by atoms with Crippen LogP contribution in [0.3, 0.4) is 0 Å². The normalized spacial score (nSPS) is 11.5. The van der Waals surface area contributed by atoms with Gasteiger partial charge in [-0.15, -0.1) is 5.10 Å². The summed E-state index contributed by atoms with van der Waals surface area (Å²) >= 11 is 3.32. The fraction of sp³-hybridized carbons (Fsp3) is 0.190. The Balaban J connectivity index is 2.02. The van der Waals surface area contributed by atoms with Crippen molar-refractivity contribution in [1.29, 1.82) is 0 Å². The van der Waals surface area contributed by atoms with E-state index in [2.05, 4.69) is 45.2 Å². The minimum Gasteiger partial charge on any atom is -0.436 e. The van der Waals surface area contributed by atoms with Gasteiger partial charge in [-0.05, 0) is 56.3 Å². The van der Waals surface area contributed by atoms with Gasteiger partial charge in [0.05, 0.1) is 0 Å². The fourth-order valence-corrected chi connectivity index (χ4v) is 3.18. The highest BCUT2D eigenvalue weighted by Crippen LogP contribution is 2.22. The molecule has 7 nitrogen and oxygen atoms in total. The number of anilines is 1. The molecule has 0 aliphatic rings. The van der Waals surface area contributed by atoms with Crippen LogP contribution in [0.15, 0.2) is 62.5 Å². The third-order valence-electron chi connectivity index (χ3n) is 4.49. The Morgan fingerprint density at radius 1 is 1.10 bits per heavy atom. The smallest absolute Gasteiger partial charge is 0.271 e. The fourth-order valence-electron chi connectivity index (χ4n) is 2.92. The summed E-state index contributed by atoms with van der Waals surface area (Å²) in [5.41, 5.74) is 9.87. The lowest BCUT2D eigenvalue weighted by Gasteiger charge is -2.21. The lowest BCUT2D eigenvalue weighted by molar-refractivity contribution is 0.0946. The van der Waals surface area contributed by atoms with E-state index < -0.39 is 11.8 Å². The minimum atomic E-state index is -0.694. The molecular weight excluding hydrogens is 436 g/mol. The van der Waals surface area contributed by atoms with Crippen LogP contribution in [0.1, 0.15) is 34.6 Å². The predicted octanol–water partition coefficient (Wildman–Crippen LogP) is 3.39. The zero-order valence-electron chi connectivity index (χ0n) is 16.1. The first-order chi connectivity index (χ1) is 13.9. The molecule has 0 aliphatic carbocycles. The highest BCUT2D eigenvalue weighted by Gasteiger charge is 2.12. The second kappa shape index (κ2) is 8.91. The van der Waals surface area contributed by atoms with Crippen LogP contribution in [0.4, 0.5) is 5.69 Å². The molecule has 0 saturated carbocycles. The summed E-state index contributed by atoms with van der Waals surface area (Å²) in [6, 6.07) is 14.1. The van der Waals surface area contributed by atoms with Crippen LogP contribution in [0.5, 0.6) is 0 Å². The molecular formula is C21H21BrN4O3. The van der Waals surface area contributed by atoms with Crippen molar-refractivity contribution in [3.8, 4) is 0 Å². The van der Waals surface area contributed by atoms with Crippen molar-refractivity contribution in [2.45, 2.75) is 13.8 Å². The van der Waals surface area contributed by atoms with Crippen LogP contribution in [0.2, 0.25) is 0 Å². The Kier molecular flexibility index (Phi) is 6.33. The number of halogens is 1. The Morgan fingerprint density at radius 3 is 2.41 bits per heavy atom. The lowest BCUT2D eigenvalue weighted by atomic mass is 10.1. The van der Waals surface area contributed by atoms with E-state index in [9.17, 15) is 9.59 Å². The molecule has 2 amide bonds. The van der Waals surface area contributed by atoms with E-state index in [1.54, 1.807) is 30.3 Å². The number of nitrogens with two attached hydrogens (primary N) is 1. The van der Waals surface area contributed by atoms with Crippen LogP contribution in [0, 0.1) is 0 Å². The van der Waals surface area contributed by atoms with Gasteiger partial charge in [-0.2, -0.15) is 0 Å². The van der Waals surface area contributed by atoms with Crippen molar-refractivity contribution < 1.29 is 14.0 Å². The zero-order chi connectivity index (χ0) is 21.0. The molecule has 1 aromatic heterocycles. The topological polar surface area (TPSA) is 101 Å². The van der Waals surface area contributed by atoms with Crippen molar-refractivity contribution in [2.24, 2.45) is 10.8 Å². The second-order valence-corrected chi connectivity index (χ2v) is 7.20. The van der Waals surface area contributed by atoms with Crippen molar-refractivity contribution in [1.82, 2.24) is 5.43 Å². The molecule has 0 saturated heterocycles. The average Bonchev–Trinajstić information content (AvgIpc) is 2.72. The molecule has 150 valence electrons. The third-order valence-corrected chi connectivity index (χ3v) is 5.02. The molecule has 0 aliphatic heterocycles. The number of primary amides is 1. The van der Waals surface area contributed by atoms with Gasteiger partial charge >= 0.3 is 0 Å². The van der Waals surface area contributed by atoms with E-state index >= 15 is 0 Å². The van der Waals surface area contributed by atoms with Gasteiger partial charge in [-0.25, -0.2) is 5.43 Å². The first-order valence-electron chi connectivity index (χ1n) is 9.15. The van der Waals surface area contributed by atoms with Gasteiger partial charge < -0.3 is 15.1 Å². The van der Waals surface area contributed by atoms with Gasteiger partial charge in [0.1, 0.15) is 11.1 Å². The first-order valence-corrected chi connectivity index (χ1v) is 9.94. The molecule has 0 radical (unpaired) electrons. The number of carbonyl (C=O) groups is 2. The number of nitrogens with one attached hydrogen (secondary N) is 1. The molecule has 1 heterocycles. The molecule has 2 aromatic carbocycles. The summed E-state index contributed by atoms with van der Waals surface area (Å²) in [6.45, 7) is 5.84. The van der Waals surface area contributed by atoms with Crippen molar-refractivity contribution in [2.75, 3.05) is 18.0 Å². The molecule has 0 fully saturated rings. The summed E-state index contributed by atoms with van der Waals surface area (Å²) in [7, 11) is 0.